The van der Waals surface area contributed by atoms with Crippen molar-refractivity contribution in [1.82, 2.24) is 0 Å². The third-order valence-electron chi connectivity index (χ3n) is 5.51. The summed E-state index contributed by atoms with van der Waals surface area (Å²) >= 11 is -1.97. The zero-order chi connectivity index (χ0) is 18.7. The molecule has 0 bridgehead atoms. The van der Waals surface area contributed by atoms with Crippen molar-refractivity contribution in [3.8, 4) is 0 Å². The Labute approximate surface area is 155 Å². The quantitative estimate of drug-likeness (QED) is 0.634. The molecule has 0 heterocycles. The van der Waals surface area contributed by atoms with E-state index in [1.807, 2.05) is 0 Å². The predicted octanol–water partition coefficient (Wildman–Crippen LogP) is 5.79. The van der Waals surface area contributed by atoms with E-state index in [9.17, 15) is 8.76 Å². The molecule has 2 aromatic rings. The number of fused-ring (bicyclic) bond motifs is 1. The molecule has 25 heavy (non-hydrogen) atoms. The molecule has 2 nitrogen and oxygen atoms in total. The molecule has 1 unspecified atom stereocenters. The van der Waals surface area contributed by atoms with E-state index in [1.165, 1.54) is 33.2 Å². The highest BCUT2D eigenvalue weighted by Crippen LogP contribution is 2.39. The van der Waals surface area contributed by atoms with Crippen molar-refractivity contribution in [2.75, 3.05) is 0 Å². The highest BCUT2D eigenvalue weighted by Gasteiger charge is 2.23. The molecule has 0 spiro atoms. The maximum atomic E-state index is 12.3. The molecule has 2 rings (SSSR count). The normalized spacial score (nSPS) is 12.8. The lowest BCUT2D eigenvalue weighted by molar-refractivity contribution is 0.564. The third kappa shape index (κ3) is 3.29. The van der Waals surface area contributed by atoms with Gasteiger partial charge in [-0.1, -0.05) is 41.5 Å². The van der Waals surface area contributed by atoms with Crippen LogP contribution in [0.2, 0.25) is 0 Å². The second kappa shape index (κ2) is 8.46. The van der Waals surface area contributed by atoms with Gasteiger partial charge in [0.05, 0.1) is 4.90 Å². The van der Waals surface area contributed by atoms with Gasteiger partial charge >= 0.3 is 0 Å². The molecule has 1 N–H and O–H groups in total. The van der Waals surface area contributed by atoms with Gasteiger partial charge < -0.3 is 4.55 Å². The first-order valence-electron chi connectivity index (χ1n) is 9.74. The lowest BCUT2D eigenvalue weighted by atomic mass is 9.83. The van der Waals surface area contributed by atoms with E-state index in [4.69, 9.17) is 0 Å². The van der Waals surface area contributed by atoms with Gasteiger partial charge in [-0.05, 0) is 83.4 Å². The van der Waals surface area contributed by atoms with E-state index in [-0.39, 0.29) is 0 Å². The summed E-state index contributed by atoms with van der Waals surface area (Å²) in [6.07, 6.45) is 5.61. The van der Waals surface area contributed by atoms with Crippen LogP contribution in [-0.4, -0.2) is 8.76 Å². The molecule has 0 amide bonds. The molecule has 0 aliphatic rings. The minimum absolute atomic E-state index is 0.651. The maximum absolute atomic E-state index is 12.3. The summed E-state index contributed by atoms with van der Waals surface area (Å²) in [5, 5.41) is 2.27. The molecular formula is C22H32O2S. The van der Waals surface area contributed by atoms with Crippen molar-refractivity contribution in [1.29, 1.82) is 0 Å². The Bertz CT molecular complexity index is 796. The zero-order valence-corrected chi connectivity index (χ0v) is 17.4. The highest BCUT2D eigenvalue weighted by atomic mass is 32.2. The van der Waals surface area contributed by atoms with Crippen LogP contribution >= 0.6 is 0 Å². The fourth-order valence-electron chi connectivity index (χ4n) is 4.53. The Hall–Kier alpha value is -1.19. The van der Waals surface area contributed by atoms with Gasteiger partial charge in [-0.2, -0.15) is 0 Å². The second-order valence-electron chi connectivity index (χ2n) is 6.55. The predicted molar refractivity (Wildman–Crippen MR) is 109 cm³/mol. The first-order valence-corrected chi connectivity index (χ1v) is 10.9. The lowest BCUT2D eigenvalue weighted by Crippen LogP contribution is -2.10. The third-order valence-corrected chi connectivity index (χ3v) is 6.33. The molecule has 0 saturated heterocycles. The number of rotatable bonds is 7. The van der Waals surface area contributed by atoms with Gasteiger partial charge in [0.15, 0.2) is 11.1 Å². The standard InChI is InChI=1S/C22H32O2S/c1-7-14-13-20-21(17(10-4)15(14)8-2)18(11-5)16(9-3)19(12-6)22(20)25(23)24/h13H,7-12H2,1-6H3,(H,23,24). The summed E-state index contributed by atoms with van der Waals surface area (Å²) in [4.78, 5) is 0.651. The Balaban J connectivity index is 3.22. The van der Waals surface area contributed by atoms with E-state index in [0.717, 1.165) is 49.5 Å². The van der Waals surface area contributed by atoms with Crippen LogP contribution < -0.4 is 0 Å². The van der Waals surface area contributed by atoms with E-state index >= 15 is 0 Å². The Morgan fingerprint density at radius 1 is 0.720 bits per heavy atom. The average molecular weight is 361 g/mol. The van der Waals surface area contributed by atoms with Crippen molar-refractivity contribution >= 4 is 21.9 Å². The van der Waals surface area contributed by atoms with E-state index in [2.05, 4.69) is 47.6 Å². The van der Waals surface area contributed by atoms with Gasteiger partial charge in [0.25, 0.3) is 0 Å². The lowest BCUT2D eigenvalue weighted by Gasteiger charge is -2.24. The number of aryl methyl sites for hydroxylation is 3. The summed E-state index contributed by atoms with van der Waals surface area (Å²) in [7, 11) is 0. The van der Waals surface area contributed by atoms with Gasteiger partial charge in [-0.3, -0.25) is 0 Å². The van der Waals surface area contributed by atoms with Crippen LogP contribution in [0, 0.1) is 0 Å². The van der Waals surface area contributed by atoms with Crippen molar-refractivity contribution in [3.63, 3.8) is 0 Å². The van der Waals surface area contributed by atoms with Crippen molar-refractivity contribution < 1.29 is 8.76 Å². The van der Waals surface area contributed by atoms with E-state index < -0.39 is 11.1 Å². The van der Waals surface area contributed by atoms with Crippen LogP contribution in [-0.2, 0) is 49.6 Å². The van der Waals surface area contributed by atoms with Crippen LogP contribution in [0.4, 0.5) is 0 Å². The Kier molecular flexibility index (Phi) is 6.81. The van der Waals surface area contributed by atoms with Gasteiger partial charge in [-0.15, -0.1) is 0 Å². The molecule has 2 aromatic carbocycles. The van der Waals surface area contributed by atoms with Crippen molar-refractivity contribution in [2.45, 2.75) is 85.0 Å². The number of hydrogen-bond donors (Lipinski definition) is 1. The highest BCUT2D eigenvalue weighted by molar-refractivity contribution is 7.79. The summed E-state index contributed by atoms with van der Waals surface area (Å²) in [6, 6.07) is 2.20. The molecule has 3 heteroatoms. The van der Waals surface area contributed by atoms with Gasteiger partial charge in [0.2, 0.25) is 0 Å². The van der Waals surface area contributed by atoms with Crippen molar-refractivity contribution in [2.24, 2.45) is 0 Å². The van der Waals surface area contributed by atoms with Gasteiger partial charge in [-0.25, -0.2) is 4.21 Å². The molecule has 138 valence electrons. The topological polar surface area (TPSA) is 37.3 Å². The molecule has 0 aliphatic heterocycles. The Morgan fingerprint density at radius 3 is 1.60 bits per heavy atom. The molecule has 0 radical (unpaired) electrons. The van der Waals surface area contributed by atoms with Gasteiger partial charge in [0.1, 0.15) is 0 Å². The first-order chi connectivity index (χ1) is 12.0. The van der Waals surface area contributed by atoms with Crippen LogP contribution in [0.5, 0.6) is 0 Å². The van der Waals surface area contributed by atoms with Crippen LogP contribution in [0.3, 0.4) is 0 Å². The van der Waals surface area contributed by atoms with Crippen LogP contribution in [0.1, 0.15) is 74.9 Å². The zero-order valence-electron chi connectivity index (χ0n) is 16.6. The van der Waals surface area contributed by atoms with Crippen LogP contribution in [0.25, 0.3) is 10.8 Å². The SMILES string of the molecule is CCc1cc2c(S(=O)O)c(CC)c(CC)c(CC)c2c(CC)c1CC. The fraction of sp³-hybridized carbons (Fsp3) is 0.545. The van der Waals surface area contributed by atoms with E-state index in [1.54, 1.807) is 0 Å². The number of hydrogen-bond acceptors (Lipinski definition) is 1. The van der Waals surface area contributed by atoms with Gasteiger partial charge in [0, 0.05) is 5.39 Å². The minimum Gasteiger partial charge on any atom is -0.302 e. The number of benzene rings is 2. The Morgan fingerprint density at radius 2 is 1.20 bits per heavy atom. The summed E-state index contributed by atoms with van der Waals surface area (Å²) < 4.78 is 22.5. The summed E-state index contributed by atoms with van der Waals surface area (Å²) in [5.74, 6) is 0. The summed E-state index contributed by atoms with van der Waals surface area (Å²) in [6.45, 7) is 13.1. The van der Waals surface area contributed by atoms with Crippen LogP contribution in [0.15, 0.2) is 11.0 Å². The molecule has 1 atom stereocenters. The average Bonchev–Trinajstić information content (AvgIpc) is 2.63. The maximum Gasteiger partial charge on any atom is 0.187 e. The van der Waals surface area contributed by atoms with E-state index in [0.29, 0.717) is 4.90 Å². The second-order valence-corrected chi connectivity index (χ2v) is 7.46. The molecule has 0 saturated carbocycles. The molecule has 0 fully saturated rings. The molecule has 0 aliphatic carbocycles. The fourth-order valence-corrected chi connectivity index (χ4v) is 5.36. The molecule has 0 aromatic heterocycles. The first kappa shape index (κ1) is 20.1. The minimum atomic E-state index is -1.97. The largest absolute Gasteiger partial charge is 0.302 e. The monoisotopic (exact) mass is 360 g/mol. The van der Waals surface area contributed by atoms with Crippen molar-refractivity contribution in [3.05, 3.63) is 39.4 Å². The smallest absolute Gasteiger partial charge is 0.187 e. The summed E-state index contributed by atoms with van der Waals surface area (Å²) in [5.41, 5.74) is 7.91. The molecular weight excluding hydrogens is 328 g/mol.